The van der Waals surface area contributed by atoms with Crippen LogP contribution in [-0.4, -0.2) is 6.04 Å². The van der Waals surface area contributed by atoms with Crippen molar-refractivity contribution in [1.29, 1.82) is 0 Å². The van der Waals surface area contributed by atoms with Crippen molar-refractivity contribution in [2.75, 3.05) is 5.32 Å². The molecule has 0 aliphatic heterocycles. The summed E-state index contributed by atoms with van der Waals surface area (Å²) in [6.45, 7) is 2.08. The molecule has 1 aromatic rings. The van der Waals surface area contributed by atoms with Crippen LogP contribution in [0.1, 0.15) is 13.3 Å². The Morgan fingerprint density at radius 2 is 2.23 bits per heavy atom. The van der Waals surface area contributed by atoms with Crippen molar-refractivity contribution in [2.24, 2.45) is 0 Å². The largest absolute Gasteiger partial charge is 0.371 e. The zero-order valence-corrected chi connectivity index (χ0v) is 9.71. The Morgan fingerprint density at radius 3 is 2.77 bits per heavy atom. The van der Waals surface area contributed by atoms with Gasteiger partial charge in [0, 0.05) is 9.26 Å². The number of rotatable bonds is 3. The zero-order chi connectivity index (χ0) is 9.68. The lowest BCUT2D eigenvalue weighted by Gasteiger charge is -2.13. The Balaban J connectivity index is 2.74. The minimum Gasteiger partial charge on any atom is -0.371 e. The molecule has 0 radical (unpaired) electrons. The highest BCUT2D eigenvalue weighted by atomic mass is 127. The number of hydrogen-bond acceptors (Lipinski definition) is 1. The molecule has 1 rings (SSSR count). The fraction of sp³-hybridized carbons (Fsp3) is 0.273. The third kappa shape index (κ3) is 2.92. The number of hydrogen-bond donors (Lipinski definition) is 1. The highest BCUT2D eigenvalue weighted by Gasteiger charge is 2.03. The van der Waals surface area contributed by atoms with Crippen molar-refractivity contribution in [3.05, 3.63) is 27.8 Å². The van der Waals surface area contributed by atoms with E-state index in [1.54, 1.807) is 0 Å². The predicted octanol–water partition coefficient (Wildman–Crippen LogP) is 3.11. The van der Waals surface area contributed by atoms with Gasteiger partial charge in [-0.25, -0.2) is 0 Å². The molecule has 0 saturated carbocycles. The molecule has 2 heteroatoms. The molecule has 13 heavy (non-hydrogen) atoms. The molecule has 0 aliphatic carbocycles. The highest BCUT2D eigenvalue weighted by Crippen LogP contribution is 2.18. The molecule has 0 bridgehead atoms. The summed E-state index contributed by atoms with van der Waals surface area (Å²) in [5.41, 5.74) is 1.12. The summed E-state index contributed by atoms with van der Waals surface area (Å²) in [6.07, 6.45) is 6.31. The van der Waals surface area contributed by atoms with E-state index in [2.05, 4.69) is 46.8 Å². The summed E-state index contributed by atoms with van der Waals surface area (Å²) in [5.74, 6) is 2.71. The maximum Gasteiger partial charge on any atom is 0.0871 e. The van der Waals surface area contributed by atoms with Gasteiger partial charge in [0.25, 0.3) is 0 Å². The monoisotopic (exact) mass is 285 g/mol. The van der Waals surface area contributed by atoms with Gasteiger partial charge in [-0.15, -0.1) is 6.42 Å². The standard InChI is InChI=1S/C11H12IN/c1-3-9(4-2)13-11-8-6-5-7-10(11)12/h1,5-9,13H,4H2,2H3. The number of para-hydroxylation sites is 1. The Labute approximate surface area is 93.1 Å². The predicted molar refractivity (Wildman–Crippen MR) is 65.7 cm³/mol. The van der Waals surface area contributed by atoms with Crippen LogP contribution in [0, 0.1) is 15.9 Å². The van der Waals surface area contributed by atoms with Gasteiger partial charge in [-0.1, -0.05) is 25.0 Å². The number of nitrogens with one attached hydrogen (secondary N) is 1. The van der Waals surface area contributed by atoms with Crippen LogP contribution in [0.2, 0.25) is 0 Å². The molecule has 0 saturated heterocycles. The van der Waals surface area contributed by atoms with Crippen LogP contribution >= 0.6 is 22.6 Å². The smallest absolute Gasteiger partial charge is 0.0871 e. The zero-order valence-electron chi connectivity index (χ0n) is 7.55. The summed E-state index contributed by atoms with van der Waals surface area (Å²) in [4.78, 5) is 0. The van der Waals surface area contributed by atoms with Gasteiger partial charge in [0.2, 0.25) is 0 Å². The van der Waals surface area contributed by atoms with Crippen molar-refractivity contribution in [1.82, 2.24) is 0 Å². The molecular weight excluding hydrogens is 273 g/mol. The van der Waals surface area contributed by atoms with Gasteiger partial charge < -0.3 is 5.32 Å². The van der Waals surface area contributed by atoms with E-state index < -0.39 is 0 Å². The molecule has 1 N–H and O–H groups in total. The first-order chi connectivity index (χ1) is 6.27. The second-order valence-electron chi connectivity index (χ2n) is 2.75. The van der Waals surface area contributed by atoms with Gasteiger partial charge in [0.05, 0.1) is 6.04 Å². The molecule has 0 heterocycles. The lowest BCUT2D eigenvalue weighted by atomic mass is 10.2. The first-order valence-electron chi connectivity index (χ1n) is 4.25. The van der Waals surface area contributed by atoms with Crippen molar-refractivity contribution in [2.45, 2.75) is 19.4 Å². The van der Waals surface area contributed by atoms with Gasteiger partial charge >= 0.3 is 0 Å². The summed E-state index contributed by atoms with van der Waals surface area (Å²) in [5, 5.41) is 3.30. The lowest BCUT2D eigenvalue weighted by molar-refractivity contribution is 0.857. The van der Waals surface area contributed by atoms with E-state index in [4.69, 9.17) is 6.42 Å². The minimum atomic E-state index is 0.135. The summed E-state index contributed by atoms with van der Waals surface area (Å²) >= 11 is 2.30. The molecule has 1 aromatic carbocycles. The van der Waals surface area contributed by atoms with Crippen LogP contribution in [0.5, 0.6) is 0 Å². The number of anilines is 1. The molecule has 1 nitrogen and oxygen atoms in total. The molecular formula is C11H12IN. The average molecular weight is 285 g/mol. The van der Waals surface area contributed by atoms with E-state index in [9.17, 15) is 0 Å². The third-order valence-electron chi connectivity index (χ3n) is 1.81. The van der Waals surface area contributed by atoms with Gasteiger partial charge in [-0.05, 0) is 41.1 Å². The van der Waals surface area contributed by atoms with Crippen LogP contribution in [0.3, 0.4) is 0 Å². The van der Waals surface area contributed by atoms with Crippen LogP contribution in [-0.2, 0) is 0 Å². The van der Waals surface area contributed by atoms with E-state index in [0.717, 1.165) is 12.1 Å². The van der Waals surface area contributed by atoms with Crippen LogP contribution in [0.25, 0.3) is 0 Å². The fourth-order valence-corrected chi connectivity index (χ4v) is 1.57. The SMILES string of the molecule is C#CC(CC)Nc1ccccc1I. The van der Waals surface area contributed by atoms with Gasteiger partial charge in [0.1, 0.15) is 0 Å². The quantitative estimate of drug-likeness (QED) is 0.664. The summed E-state index contributed by atoms with van der Waals surface area (Å²) in [6, 6.07) is 8.27. The van der Waals surface area contributed by atoms with Crippen LogP contribution in [0.15, 0.2) is 24.3 Å². The molecule has 0 aromatic heterocycles. The Kier molecular flexibility index (Phi) is 4.10. The molecule has 0 amide bonds. The first-order valence-corrected chi connectivity index (χ1v) is 5.33. The number of benzene rings is 1. The van der Waals surface area contributed by atoms with Gasteiger partial charge in [-0.3, -0.25) is 0 Å². The second kappa shape index (κ2) is 5.13. The third-order valence-corrected chi connectivity index (χ3v) is 2.75. The van der Waals surface area contributed by atoms with Crippen molar-refractivity contribution in [3.63, 3.8) is 0 Å². The van der Waals surface area contributed by atoms with Crippen LogP contribution < -0.4 is 5.32 Å². The molecule has 0 aliphatic rings. The molecule has 0 spiro atoms. The van der Waals surface area contributed by atoms with E-state index in [1.165, 1.54) is 3.57 Å². The normalized spacial score (nSPS) is 11.8. The first kappa shape index (κ1) is 10.4. The van der Waals surface area contributed by atoms with E-state index in [1.807, 2.05) is 18.2 Å². The van der Waals surface area contributed by atoms with Gasteiger partial charge in [-0.2, -0.15) is 0 Å². The topological polar surface area (TPSA) is 12.0 Å². The molecule has 1 unspecified atom stereocenters. The van der Waals surface area contributed by atoms with E-state index >= 15 is 0 Å². The van der Waals surface area contributed by atoms with E-state index in [0.29, 0.717) is 0 Å². The number of halogens is 1. The molecule has 0 fully saturated rings. The summed E-state index contributed by atoms with van der Waals surface area (Å²) < 4.78 is 1.20. The highest BCUT2D eigenvalue weighted by molar-refractivity contribution is 14.1. The minimum absolute atomic E-state index is 0.135. The van der Waals surface area contributed by atoms with Crippen LogP contribution in [0.4, 0.5) is 5.69 Å². The Bertz CT molecular complexity index is 314. The summed E-state index contributed by atoms with van der Waals surface area (Å²) in [7, 11) is 0. The fourth-order valence-electron chi connectivity index (χ4n) is 1.03. The number of terminal acetylenes is 1. The van der Waals surface area contributed by atoms with Crippen molar-refractivity contribution < 1.29 is 0 Å². The average Bonchev–Trinajstić information content (AvgIpc) is 2.17. The second-order valence-corrected chi connectivity index (χ2v) is 3.91. The maximum atomic E-state index is 5.37. The maximum absolute atomic E-state index is 5.37. The van der Waals surface area contributed by atoms with Crippen molar-refractivity contribution in [3.8, 4) is 12.3 Å². The van der Waals surface area contributed by atoms with Gasteiger partial charge in [0.15, 0.2) is 0 Å². The van der Waals surface area contributed by atoms with E-state index in [-0.39, 0.29) is 6.04 Å². The van der Waals surface area contributed by atoms with Crippen molar-refractivity contribution >= 4 is 28.3 Å². The molecule has 68 valence electrons. The Hall–Kier alpha value is -0.690. The Morgan fingerprint density at radius 1 is 1.54 bits per heavy atom. The molecule has 1 atom stereocenters. The lowest BCUT2D eigenvalue weighted by Crippen LogP contribution is -2.16.